The van der Waals surface area contributed by atoms with Gasteiger partial charge in [-0.2, -0.15) is 0 Å². The molecule has 0 radical (unpaired) electrons. The lowest BCUT2D eigenvalue weighted by Crippen LogP contribution is -2.45. The number of aryl methyl sites for hydroxylation is 2. The van der Waals surface area contributed by atoms with E-state index in [1.807, 2.05) is 27.7 Å². The number of esters is 1. The predicted molar refractivity (Wildman–Crippen MR) is 119 cm³/mol. The molecule has 1 fully saturated rings. The Morgan fingerprint density at radius 2 is 1.84 bits per heavy atom. The number of amides is 1. The van der Waals surface area contributed by atoms with Crippen LogP contribution in [0.5, 0.6) is 0 Å². The standard InChI is InChI=1S/C22H33N5O5/c1-6-7-10-27-17-16(18(28)24-21(27)31)25(5)15(23-17)13-32-19(29)14-8-11-26(12-9-14)20(30)22(2,3)4/h14H,6-13H2,1-5H3,(H,24,28,31). The average Bonchev–Trinajstić information content (AvgIpc) is 3.07. The minimum Gasteiger partial charge on any atom is -0.457 e. The van der Waals surface area contributed by atoms with Crippen LogP contribution in [-0.2, 0) is 34.5 Å². The summed E-state index contributed by atoms with van der Waals surface area (Å²) in [5.41, 5.74) is -0.866. The van der Waals surface area contributed by atoms with Crippen molar-refractivity contribution in [2.75, 3.05) is 13.1 Å². The van der Waals surface area contributed by atoms with Crippen LogP contribution in [0.4, 0.5) is 0 Å². The summed E-state index contributed by atoms with van der Waals surface area (Å²) in [6, 6.07) is 0. The van der Waals surface area contributed by atoms with Crippen molar-refractivity contribution in [3.05, 3.63) is 26.7 Å². The fourth-order valence-electron chi connectivity index (χ4n) is 3.99. The van der Waals surface area contributed by atoms with Crippen LogP contribution in [0.2, 0.25) is 0 Å². The molecule has 2 aromatic heterocycles. The molecule has 0 atom stereocenters. The normalized spacial score (nSPS) is 15.3. The zero-order valence-electron chi connectivity index (χ0n) is 19.6. The number of carbonyl (C=O) groups excluding carboxylic acids is 2. The highest BCUT2D eigenvalue weighted by molar-refractivity contribution is 5.82. The molecule has 1 saturated heterocycles. The van der Waals surface area contributed by atoms with Gasteiger partial charge in [-0.15, -0.1) is 0 Å². The van der Waals surface area contributed by atoms with Crippen LogP contribution in [0, 0.1) is 11.3 Å². The second-order valence-corrected chi connectivity index (χ2v) is 9.45. The largest absolute Gasteiger partial charge is 0.457 e. The van der Waals surface area contributed by atoms with Gasteiger partial charge in [0.15, 0.2) is 11.2 Å². The number of carbonyl (C=O) groups is 2. The number of unbranched alkanes of at least 4 members (excludes halogenated alkanes) is 1. The summed E-state index contributed by atoms with van der Waals surface area (Å²) in [7, 11) is 1.67. The molecule has 0 saturated carbocycles. The number of hydrogen-bond acceptors (Lipinski definition) is 6. The Bertz CT molecular complexity index is 1110. The quantitative estimate of drug-likeness (QED) is 0.671. The molecule has 32 heavy (non-hydrogen) atoms. The third-order valence-corrected chi connectivity index (χ3v) is 5.94. The number of nitrogens with one attached hydrogen (secondary N) is 1. The number of nitrogens with zero attached hydrogens (tertiary/aromatic N) is 4. The lowest BCUT2D eigenvalue weighted by Gasteiger charge is -2.34. The molecule has 0 aliphatic carbocycles. The molecule has 1 amide bonds. The van der Waals surface area contributed by atoms with Gasteiger partial charge in [0.2, 0.25) is 5.91 Å². The molecule has 0 spiro atoms. The van der Waals surface area contributed by atoms with Crippen LogP contribution < -0.4 is 11.2 Å². The van der Waals surface area contributed by atoms with Gasteiger partial charge in [-0.1, -0.05) is 34.1 Å². The Hall–Kier alpha value is -2.91. The van der Waals surface area contributed by atoms with Crippen molar-refractivity contribution in [2.24, 2.45) is 18.4 Å². The number of aromatic nitrogens is 4. The van der Waals surface area contributed by atoms with E-state index in [4.69, 9.17) is 4.74 Å². The number of ether oxygens (including phenoxy) is 1. The Morgan fingerprint density at radius 1 is 1.19 bits per heavy atom. The van der Waals surface area contributed by atoms with Gasteiger partial charge in [0.1, 0.15) is 12.4 Å². The van der Waals surface area contributed by atoms with Crippen molar-refractivity contribution in [1.29, 1.82) is 0 Å². The average molecular weight is 448 g/mol. The summed E-state index contributed by atoms with van der Waals surface area (Å²) in [6.45, 7) is 9.10. The van der Waals surface area contributed by atoms with Crippen LogP contribution in [-0.4, -0.2) is 49.0 Å². The summed E-state index contributed by atoms with van der Waals surface area (Å²) in [4.78, 5) is 58.2. The second kappa shape index (κ2) is 9.30. The number of aromatic amines is 1. The number of H-pyrrole nitrogens is 1. The van der Waals surface area contributed by atoms with Gasteiger partial charge in [0.25, 0.3) is 5.56 Å². The van der Waals surface area contributed by atoms with E-state index < -0.39 is 16.7 Å². The molecule has 0 aromatic carbocycles. The molecular weight excluding hydrogens is 414 g/mol. The zero-order valence-corrected chi connectivity index (χ0v) is 19.6. The van der Waals surface area contributed by atoms with E-state index in [2.05, 4.69) is 9.97 Å². The van der Waals surface area contributed by atoms with Gasteiger partial charge in [0.05, 0.1) is 5.92 Å². The van der Waals surface area contributed by atoms with Crippen molar-refractivity contribution < 1.29 is 14.3 Å². The number of hydrogen-bond donors (Lipinski definition) is 1. The molecule has 0 bridgehead atoms. The molecular formula is C22H33N5O5. The van der Waals surface area contributed by atoms with E-state index in [-0.39, 0.29) is 29.9 Å². The molecule has 0 unspecified atom stereocenters. The maximum Gasteiger partial charge on any atom is 0.330 e. The topological polar surface area (TPSA) is 119 Å². The summed E-state index contributed by atoms with van der Waals surface area (Å²) in [5.74, 6) is -0.129. The zero-order chi connectivity index (χ0) is 23.6. The van der Waals surface area contributed by atoms with Crippen molar-refractivity contribution in [3.8, 4) is 0 Å². The maximum atomic E-state index is 12.6. The van der Waals surface area contributed by atoms with Gasteiger partial charge in [-0.3, -0.25) is 23.9 Å². The highest BCUT2D eigenvalue weighted by Crippen LogP contribution is 2.24. The molecule has 1 aliphatic rings. The molecule has 10 heteroatoms. The maximum absolute atomic E-state index is 12.6. The Morgan fingerprint density at radius 3 is 2.44 bits per heavy atom. The number of likely N-dealkylation sites (tertiary alicyclic amines) is 1. The molecule has 3 heterocycles. The van der Waals surface area contributed by atoms with E-state index in [9.17, 15) is 19.2 Å². The van der Waals surface area contributed by atoms with E-state index in [1.165, 1.54) is 4.57 Å². The van der Waals surface area contributed by atoms with E-state index >= 15 is 0 Å². The Labute approximate surface area is 186 Å². The number of fused-ring (bicyclic) bond motifs is 1. The van der Waals surface area contributed by atoms with E-state index in [0.717, 1.165) is 12.8 Å². The van der Waals surface area contributed by atoms with Crippen molar-refractivity contribution in [3.63, 3.8) is 0 Å². The monoisotopic (exact) mass is 447 g/mol. The Kier molecular flexibility index (Phi) is 6.90. The van der Waals surface area contributed by atoms with Gasteiger partial charge in [0, 0.05) is 32.1 Å². The first-order valence-electron chi connectivity index (χ1n) is 11.2. The summed E-state index contributed by atoms with van der Waals surface area (Å²) >= 11 is 0. The summed E-state index contributed by atoms with van der Waals surface area (Å²) in [5, 5.41) is 0. The Balaban J connectivity index is 1.69. The molecule has 2 aromatic rings. The van der Waals surface area contributed by atoms with Gasteiger partial charge < -0.3 is 14.2 Å². The lowest BCUT2D eigenvalue weighted by atomic mass is 9.91. The minimum atomic E-state index is -0.513. The first kappa shape index (κ1) is 23.7. The van der Waals surface area contributed by atoms with Crippen molar-refractivity contribution >= 4 is 23.0 Å². The van der Waals surface area contributed by atoms with Crippen LogP contribution in [0.3, 0.4) is 0 Å². The van der Waals surface area contributed by atoms with Crippen LogP contribution >= 0.6 is 0 Å². The summed E-state index contributed by atoms with van der Waals surface area (Å²) < 4.78 is 8.52. The van der Waals surface area contributed by atoms with Crippen LogP contribution in [0.15, 0.2) is 9.59 Å². The molecule has 3 rings (SSSR count). The molecule has 10 nitrogen and oxygen atoms in total. The van der Waals surface area contributed by atoms with E-state index in [1.54, 1.807) is 16.5 Å². The number of rotatable bonds is 6. The van der Waals surface area contributed by atoms with Crippen LogP contribution in [0.1, 0.15) is 59.2 Å². The summed E-state index contributed by atoms with van der Waals surface area (Å²) in [6.07, 6.45) is 2.78. The lowest BCUT2D eigenvalue weighted by molar-refractivity contribution is -0.154. The second-order valence-electron chi connectivity index (χ2n) is 9.45. The molecule has 176 valence electrons. The first-order chi connectivity index (χ1) is 15.0. The van der Waals surface area contributed by atoms with Crippen molar-refractivity contribution in [1.82, 2.24) is 24.0 Å². The minimum absolute atomic E-state index is 0.0864. The fraction of sp³-hybridized carbons (Fsp3) is 0.682. The third-order valence-electron chi connectivity index (χ3n) is 5.94. The van der Waals surface area contributed by atoms with Gasteiger partial charge in [-0.25, -0.2) is 9.78 Å². The fourth-order valence-corrected chi connectivity index (χ4v) is 3.99. The number of piperidine rings is 1. The molecule has 1 aliphatic heterocycles. The third kappa shape index (κ3) is 4.78. The number of imidazole rings is 1. The van der Waals surface area contributed by atoms with Gasteiger partial charge in [-0.05, 0) is 19.3 Å². The van der Waals surface area contributed by atoms with Crippen molar-refractivity contribution in [2.45, 2.75) is 66.5 Å². The van der Waals surface area contributed by atoms with Gasteiger partial charge >= 0.3 is 11.7 Å². The smallest absolute Gasteiger partial charge is 0.330 e. The highest BCUT2D eigenvalue weighted by Gasteiger charge is 2.33. The molecule has 1 N–H and O–H groups in total. The highest BCUT2D eigenvalue weighted by atomic mass is 16.5. The van der Waals surface area contributed by atoms with Crippen LogP contribution in [0.25, 0.3) is 11.2 Å². The SMILES string of the molecule is CCCCn1c(=O)[nH]c(=O)c2c1nc(COC(=O)C1CCN(C(=O)C(C)(C)C)CC1)n2C. The van der Waals surface area contributed by atoms with E-state index in [0.29, 0.717) is 43.9 Å². The first-order valence-corrected chi connectivity index (χ1v) is 11.2. The predicted octanol–water partition coefficient (Wildman–Crippen LogP) is 1.55.